The number of para-hydroxylation sites is 1. The highest BCUT2D eigenvalue weighted by Gasteiger charge is 2.44. The second-order valence-electron chi connectivity index (χ2n) is 5.13. The summed E-state index contributed by atoms with van der Waals surface area (Å²) in [5.74, 6) is -1.59. The number of nitrogens with zero attached hydrogens (tertiary/aromatic N) is 2. The van der Waals surface area contributed by atoms with Crippen molar-refractivity contribution in [3.05, 3.63) is 30.0 Å². The van der Waals surface area contributed by atoms with E-state index in [2.05, 4.69) is 10.4 Å². The molecule has 1 aliphatic rings. The van der Waals surface area contributed by atoms with Crippen LogP contribution in [-0.2, 0) is 16.6 Å². The summed E-state index contributed by atoms with van der Waals surface area (Å²) in [5, 5.41) is 16.8. The van der Waals surface area contributed by atoms with E-state index in [1.165, 1.54) is 0 Å². The molecule has 0 aliphatic carbocycles. The van der Waals surface area contributed by atoms with E-state index in [4.69, 9.17) is 4.74 Å². The molecule has 110 valence electrons. The minimum absolute atomic E-state index is 0.0289. The molecular formula is C14H15N3O4. The summed E-state index contributed by atoms with van der Waals surface area (Å²) in [7, 11) is 1.74. The van der Waals surface area contributed by atoms with Gasteiger partial charge in [0, 0.05) is 25.5 Å². The molecule has 21 heavy (non-hydrogen) atoms. The SMILES string of the molecule is Cn1nc(C(=O)NC2(C(=O)O)CCOC2)c2ccccc21. The van der Waals surface area contributed by atoms with E-state index in [-0.39, 0.29) is 18.7 Å². The molecule has 1 amide bonds. The molecule has 1 fully saturated rings. The van der Waals surface area contributed by atoms with Crippen LogP contribution < -0.4 is 5.32 Å². The number of carbonyl (C=O) groups is 2. The van der Waals surface area contributed by atoms with Gasteiger partial charge in [-0.25, -0.2) is 4.79 Å². The van der Waals surface area contributed by atoms with Crippen LogP contribution >= 0.6 is 0 Å². The first-order valence-corrected chi connectivity index (χ1v) is 6.59. The number of aryl methyl sites for hydroxylation is 1. The maximum atomic E-state index is 12.4. The van der Waals surface area contributed by atoms with Gasteiger partial charge in [-0.2, -0.15) is 5.10 Å². The second kappa shape index (κ2) is 4.85. The molecule has 1 unspecified atom stereocenters. The molecule has 0 saturated carbocycles. The average Bonchev–Trinajstić information content (AvgIpc) is 3.06. The van der Waals surface area contributed by atoms with Crippen LogP contribution in [0, 0.1) is 0 Å². The van der Waals surface area contributed by atoms with Crippen LogP contribution in [0.1, 0.15) is 16.9 Å². The first-order valence-electron chi connectivity index (χ1n) is 6.59. The smallest absolute Gasteiger partial charge is 0.331 e. The van der Waals surface area contributed by atoms with Crippen molar-refractivity contribution in [1.82, 2.24) is 15.1 Å². The molecule has 0 bridgehead atoms. The van der Waals surface area contributed by atoms with Gasteiger partial charge in [0.25, 0.3) is 5.91 Å². The highest BCUT2D eigenvalue weighted by Crippen LogP contribution is 2.22. The number of ether oxygens (including phenoxy) is 1. The van der Waals surface area contributed by atoms with Crippen molar-refractivity contribution >= 4 is 22.8 Å². The van der Waals surface area contributed by atoms with Gasteiger partial charge in [-0.3, -0.25) is 9.48 Å². The van der Waals surface area contributed by atoms with Crippen LogP contribution in [0.15, 0.2) is 24.3 Å². The molecule has 1 saturated heterocycles. The van der Waals surface area contributed by atoms with Gasteiger partial charge in [-0.1, -0.05) is 18.2 Å². The molecule has 0 spiro atoms. The van der Waals surface area contributed by atoms with Crippen molar-refractivity contribution < 1.29 is 19.4 Å². The maximum absolute atomic E-state index is 12.4. The summed E-state index contributed by atoms with van der Waals surface area (Å²) < 4.78 is 6.73. The van der Waals surface area contributed by atoms with E-state index in [1.807, 2.05) is 18.2 Å². The van der Waals surface area contributed by atoms with Crippen molar-refractivity contribution in [2.45, 2.75) is 12.0 Å². The summed E-state index contributed by atoms with van der Waals surface area (Å²) in [6.07, 6.45) is 0.249. The Balaban J connectivity index is 1.96. The van der Waals surface area contributed by atoms with Gasteiger partial charge < -0.3 is 15.2 Å². The van der Waals surface area contributed by atoms with Crippen LogP contribution in [0.4, 0.5) is 0 Å². The number of hydrogen-bond acceptors (Lipinski definition) is 4. The zero-order valence-electron chi connectivity index (χ0n) is 11.5. The maximum Gasteiger partial charge on any atom is 0.331 e. The Kier molecular flexibility index (Phi) is 3.13. The molecule has 1 aromatic carbocycles. The highest BCUT2D eigenvalue weighted by molar-refractivity contribution is 6.06. The van der Waals surface area contributed by atoms with E-state index in [9.17, 15) is 14.7 Å². The molecule has 3 rings (SSSR count). The monoisotopic (exact) mass is 289 g/mol. The summed E-state index contributed by atoms with van der Waals surface area (Å²) in [6, 6.07) is 7.31. The lowest BCUT2D eigenvalue weighted by Crippen LogP contribution is -2.55. The third-order valence-corrected chi connectivity index (χ3v) is 3.76. The lowest BCUT2D eigenvalue weighted by atomic mass is 9.98. The predicted octanol–water partition coefficient (Wildman–Crippen LogP) is 0.547. The fourth-order valence-corrected chi connectivity index (χ4v) is 2.54. The largest absolute Gasteiger partial charge is 0.479 e. The Morgan fingerprint density at radius 1 is 1.43 bits per heavy atom. The van der Waals surface area contributed by atoms with E-state index >= 15 is 0 Å². The highest BCUT2D eigenvalue weighted by atomic mass is 16.5. The summed E-state index contributed by atoms with van der Waals surface area (Å²) in [5.41, 5.74) is -0.328. The van der Waals surface area contributed by atoms with Crippen LogP contribution in [0.5, 0.6) is 0 Å². The standard InChI is InChI=1S/C14H15N3O4/c1-17-10-5-3-2-4-9(10)11(16-17)12(18)15-14(13(19)20)6-7-21-8-14/h2-5H,6-8H2,1H3,(H,15,18)(H,19,20). The van der Waals surface area contributed by atoms with Crippen LogP contribution in [0.2, 0.25) is 0 Å². The van der Waals surface area contributed by atoms with Crippen molar-refractivity contribution in [3.8, 4) is 0 Å². The summed E-state index contributed by atoms with van der Waals surface area (Å²) in [4.78, 5) is 23.9. The minimum atomic E-state index is -1.37. The van der Waals surface area contributed by atoms with Crippen LogP contribution in [0.25, 0.3) is 10.9 Å². The van der Waals surface area contributed by atoms with Gasteiger partial charge in [0.05, 0.1) is 12.1 Å². The van der Waals surface area contributed by atoms with Gasteiger partial charge in [0.2, 0.25) is 0 Å². The molecule has 7 heteroatoms. The minimum Gasteiger partial charge on any atom is -0.479 e. The molecule has 7 nitrogen and oxygen atoms in total. The van der Waals surface area contributed by atoms with Crippen molar-refractivity contribution in [1.29, 1.82) is 0 Å². The zero-order chi connectivity index (χ0) is 15.0. The number of carbonyl (C=O) groups excluding carboxylic acids is 1. The molecule has 2 heterocycles. The van der Waals surface area contributed by atoms with Crippen molar-refractivity contribution in [2.75, 3.05) is 13.2 Å². The van der Waals surface area contributed by atoms with E-state index < -0.39 is 17.4 Å². The predicted molar refractivity (Wildman–Crippen MR) is 74.0 cm³/mol. The molecule has 2 aromatic rings. The third-order valence-electron chi connectivity index (χ3n) is 3.76. The van der Waals surface area contributed by atoms with Crippen LogP contribution in [-0.4, -0.2) is 45.5 Å². The zero-order valence-corrected chi connectivity index (χ0v) is 11.5. The normalized spacial score (nSPS) is 21.6. The molecular weight excluding hydrogens is 274 g/mol. The number of amides is 1. The van der Waals surface area contributed by atoms with E-state index in [0.29, 0.717) is 12.0 Å². The first-order chi connectivity index (χ1) is 10.0. The number of fused-ring (bicyclic) bond motifs is 1. The van der Waals surface area contributed by atoms with Crippen molar-refractivity contribution in [3.63, 3.8) is 0 Å². The van der Waals surface area contributed by atoms with Crippen molar-refractivity contribution in [2.24, 2.45) is 7.05 Å². The van der Waals surface area contributed by atoms with Gasteiger partial charge >= 0.3 is 5.97 Å². The Morgan fingerprint density at radius 3 is 2.86 bits per heavy atom. The number of carboxylic acid groups (broad SMARTS) is 1. The molecule has 1 aliphatic heterocycles. The number of aliphatic carboxylic acids is 1. The molecule has 1 atom stereocenters. The fraction of sp³-hybridized carbons (Fsp3) is 0.357. The van der Waals surface area contributed by atoms with Gasteiger partial charge in [-0.05, 0) is 6.07 Å². The molecule has 2 N–H and O–H groups in total. The van der Waals surface area contributed by atoms with E-state index in [0.717, 1.165) is 5.52 Å². The average molecular weight is 289 g/mol. The number of carboxylic acids is 1. The lowest BCUT2D eigenvalue weighted by Gasteiger charge is -2.23. The Hall–Kier alpha value is -2.41. The Labute approximate surface area is 120 Å². The number of rotatable bonds is 3. The summed E-state index contributed by atoms with van der Waals surface area (Å²) >= 11 is 0. The second-order valence-corrected chi connectivity index (χ2v) is 5.13. The van der Waals surface area contributed by atoms with Gasteiger partial charge in [-0.15, -0.1) is 0 Å². The fourth-order valence-electron chi connectivity index (χ4n) is 2.54. The van der Waals surface area contributed by atoms with Gasteiger partial charge in [0.1, 0.15) is 0 Å². The Morgan fingerprint density at radius 2 is 2.19 bits per heavy atom. The number of nitrogens with one attached hydrogen (secondary N) is 1. The third kappa shape index (κ3) is 2.15. The molecule has 1 aromatic heterocycles. The quantitative estimate of drug-likeness (QED) is 0.860. The number of aromatic nitrogens is 2. The first kappa shape index (κ1) is 13.6. The van der Waals surface area contributed by atoms with E-state index in [1.54, 1.807) is 17.8 Å². The number of hydrogen-bond donors (Lipinski definition) is 2. The summed E-state index contributed by atoms with van der Waals surface area (Å²) in [6.45, 7) is 0.286. The topological polar surface area (TPSA) is 93.5 Å². The van der Waals surface area contributed by atoms with Crippen LogP contribution in [0.3, 0.4) is 0 Å². The Bertz CT molecular complexity index is 716. The number of benzene rings is 1. The lowest BCUT2D eigenvalue weighted by molar-refractivity contribution is -0.144. The van der Waals surface area contributed by atoms with Gasteiger partial charge in [0.15, 0.2) is 11.2 Å². The molecule has 0 radical (unpaired) electrons.